The summed E-state index contributed by atoms with van der Waals surface area (Å²) in [6.45, 7) is 1.59. The predicted octanol–water partition coefficient (Wildman–Crippen LogP) is -1.71. The number of nitrogens with zero attached hydrogens (tertiary/aromatic N) is 1. The van der Waals surface area contributed by atoms with Crippen LogP contribution in [0.4, 0.5) is 0 Å². The van der Waals surface area contributed by atoms with Crippen molar-refractivity contribution in [1.82, 2.24) is 15.5 Å². The Labute approximate surface area is 247 Å². The largest absolute Gasteiger partial charge is 0.507 e. The maximum Gasteiger partial charge on any atom is 0.320 e. The van der Waals surface area contributed by atoms with Gasteiger partial charge in [0.2, 0.25) is 5.91 Å². The van der Waals surface area contributed by atoms with Crippen molar-refractivity contribution in [3.05, 3.63) is 29.3 Å². The fourth-order valence-corrected chi connectivity index (χ4v) is 6.93. The monoisotopic (exact) mass is 602 g/mol. The molecule has 2 saturated carbocycles. The second-order valence-electron chi connectivity index (χ2n) is 12.0. The fraction of sp³-hybridized carbons (Fsp3) is 0.586. The maximum absolute atomic E-state index is 14.0. The van der Waals surface area contributed by atoms with Gasteiger partial charge in [0.05, 0.1) is 29.8 Å². The van der Waals surface area contributed by atoms with Crippen LogP contribution in [0.3, 0.4) is 0 Å². The van der Waals surface area contributed by atoms with E-state index >= 15 is 0 Å². The van der Waals surface area contributed by atoms with Crippen molar-refractivity contribution < 1.29 is 49.2 Å². The summed E-state index contributed by atoms with van der Waals surface area (Å²) in [5, 5.41) is 48.0. The molecule has 8 atom stereocenters. The highest BCUT2D eigenvalue weighted by Gasteiger charge is 2.71. The molecule has 0 heterocycles. The van der Waals surface area contributed by atoms with E-state index in [4.69, 9.17) is 10.8 Å². The van der Waals surface area contributed by atoms with Crippen LogP contribution in [0.2, 0.25) is 0 Å². The van der Waals surface area contributed by atoms with Crippen LogP contribution in [0.1, 0.15) is 48.5 Å². The molecule has 0 radical (unpaired) electrons. The molecule has 234 valence electrons. The quantitative estimate of drug-likeness (QED) is 0.0899. The van der Waals surface area contributed by atoms with E-state index in [1.807, 2.05) is 0 Å². The van der Waals surface area contributed by atoms with Gasteiger partial charge in [-0.1, -0.05) is 18.6 Å². The molecule has 0 aromatic heterocycles. The van der Waals surface area contributed by atoms with Gasteiger partial charge < -0.3 is 31.5 Å². The Kier molecular flexibility index (Phi) is 8.91. The van der Waals surface area contributed by atoms with Gasteiger partial charge in [-0.3, -0.25) is 39.0 Å². The lowest BCUT2D eigenvalue weighted by molar-refractivity contribution is -0.188. The average Bonchev–Trinajstić information content (AvgIpc) is 2.92. The molecule has 1 aromatic rings. The molecule has 8 N–H and O–H groups in total. The van der Waals surface area contributed by atoms with Gasteiger partial charge in [0.1, 0.15) is 11.8 Å². The number of carboxylic acids is 1. The number of likely N-dealkylation sites (N-methyl/N-ethyl adjacent to an activating group) is 1. The maximum atomic E-state index is 14.0. The van der Waals surface area contributed by atoms with Crippen molar-refractivity contribution in [3.63, 3.8) is 0 Å². The summed E-state index contributed by atoms with van der Waals surface area (Å²) in [6, 6.07) is 1.88. The number of benzene rings is 1. The van der Waals surface area contributed by atoms with Gasteiger partial charge in [-0.05, 0) is 58.5 Å². The van der Waals surface area contributed by atoms with Crippen molar-refractivity contribution in [3.8, 4) is 5.75 Å². The first kappa shape index (κ1) is 32.4. The molecule has 14 nitrogen and oxygen atoms in total. The first-order valence-corrected chi connectivity index (χ1v) is 14.1. The van der Waals surface area contributed by atoms with E-state index in [1.54, 1.807) is 0 Å². The Morgan fingerprint density at radius 2 is 1.77 bits per heavy atom. The summed E-state index contributed by atoms with van der Waals surface area (Å²) in [7, 11) is 3.00. The number of hydrogen-bond donors (Lipinski definition) is 7. The van der Waals surface area contributed by atoms with Crippen molar-refractivity contribution in [1.29, 1.82) is 0 Å². The van der Waals surface area contributed by atoms with E-state index in [0.717, 1.165) is 0 Å². The van der Waals surface area contributed by atoms with Gasteiger partial charge >= 0.3 is 5.97 Å². The lowest BCUT2D eigenvalue weighted by atomic mass is 9.49. The molecule has 0 saturated heterocycles. The molecule has 3 aliphatic rings. The molecule has 1 aromatic carbocycles. The topological polar surface area (TPSA) is 237 Å². The molecular formula is C29H38N4O10. The minimum atomic E-state index is -2.88. The normalized spacial score (nSPS) is 32.6. The number of amides is 1. The van der Waals surface area contributed by atoms with Gasteiger partial charge in [0, 0.05) is 11.8 Å². The number of carbonyl (C=O) groups excluding carboxylic acids is 5. The number of aromatic hydroxyl groups is 1. The van der Waals surface area contributed by atoms with E-state index in [2.05, 4.69) is 10.6 Å². The van der Waals surface area contributed by atoms with Crippen molar-refractivity contribution in [2.45, 2.75) is 55.9 Å². The molecule has 0 bridgehead atoms. The molecule has 2 fully saturated rings. The predicted molar refractivity (Wildman–Crippen MR) is 149 cm³/mol. The Hall–Kier alpha value is -3.56. The number of phenols is 1. The van der Waals surface area contributed by atoms with E-state index < -0.39 is 87.7 Å². The zero-order chi connectivity index (χ0) is 32.0. The van der Waals surface area contributed by atoms with E-state index in [0.29, 0.717) is 19.4 Å². The highest BCUT2D eigenvalue weighted by atomic mass is 16.4. The van der Waals surface area contributed by atoms with Crippen LogP contribution in [0, 0.1) is 23.7 Å². The third-order valence-electron chi connectivity index (χ3n) is 9.18. The number of carbonyl (C=O) groups is 6. The number of unbranched alkanes of at least 4 members (excludes halogenated alkanes) is 1. The van der Waals surface area contributed by atoms with Crippen LogP contribution in [0.25, 0.3) is 0 Å². The Morgan fingerprint density at radius 1 is 1.09 bits per heavy atom. The first-order chi connectivity index (χ1) is 20.1. The summed E-state index contributed by atoms with van der Waals surface area (Å²) in [5.74, 6) is -13.0. The lowest BCUT2D eigenvalue weighted by Crippen LogP contribution is -2.75. The average molecular weight is 603 g/mol. The minimum Gasteiger partial charge on any atom is -0.507 e. The smallest absolute Gasteiger partial charge is 0.320 e. The summed E-state index contributed by atoms with van der Waals surface area (Å²) in [4.78, 5) is 80.4. The number of nitrogens with two attached hydrogens (primary N) is 1. The molecule has 4 rings (SSSR count). The summed E-state index contributed by atoms with van der Waals surface area (Å²) in [6.07, 6.45) is 1.04. The zero-order valence-corrected chi connectivity index (χ0v) is 24.2. The molecule has 43 heavy (non-hydrogen) atoms. The highest BCUT2D eigenvalue weighted by molar-refractivity contribution is 6.32. The van der Waals surface area contributed by atoms with Crippen LogP contribution >= 0.6 is 0 Å². The van der Waals surface area contributed by atoms with E-state index in [9.17, 15) is 44.1 Å². The second kappa shape index (κ2) is 11.8. The third-order valence-corrected chi connectivity index (χ3v) is 9.18. The van der Waals surface area contributed by atoms with Crippen LogP contribution in [-0.4, -0.2) is 105 Å². The van der Waals surface area contributed by atoms with Crippen LogP contribution in [0.15, 0.2) is 18.2 Å². The number of rotatable bonds is 10. The number of carboxylic acid groups (broad SMARTS) is 1. The fourth-order valence-electron chi connectivity index (χ4n) is 6.93. The van der Waals surface area contributed by atoms with Crippen molar-refractivity contribution >= 4 is 35.0 Å². The molecule has 0 spiro atoms. The van der Waals surface area contributed by atoms with E-state index in [-0.39, 0.29) is 30.6 Å². The second-order valence-corrected chi connectivity index (χ2v) is 12.0. The lowest BCUT2D eigenvalue weighted by Gasteiger charge is -2.55. The number of hydrogen-bond acceptors (Lipinski definition) is 12. The number of aliphatic hydroxyl groups is 2. The first-order valence-electron chi connectivity index (χ1n) is 14.1. The molecule has 0 aliphatic heterocycles. The number of fused-ring (bicyclic) bond motifs is 3. The highest BCUT2D eigenvalue weighted by Crippen LogP contribution is 2.55. The number of phenolic OH excluding ortho intramolecular Hbond substituents is 1. The van der Waals surface area contributed by atoms with Gasteiger partial charge in [-0.25, -0.2) is 0 Å². The van der Waals surface area contributed by atoms with Gasteiger partial charge in [-0.2, -0.15) is 0 Å². The Morgan fingerprint density at radius 3 is 2.40 bits per heavy atom. The van der Waals surface area contributed by atoms with Gasteiger partial charge in [0.15, 0.2) is 34.7 Å². The zero-order valence-electron chi connectivity index (χ0n) is 24.2. The summed E-state index contributed by atoms with van der Waals surface area (Å²) >= 11 is 0. The number of nitrogens with one attached hydrogen (secondary N) is 2. The SMILES string of the molecule is CN(C)C1C(=O)C(C(=O)NCNCCCCC(N)C(=O)O)C(=O)C2(O)C(=O)C3C(=O)c4c(O)cccc4C(C)(O)C3CC12. The van der Waals surface area contributed by atoms with Crippen molar-refractivity contribution in [2.75, 3.05) is 27.3 Å². The summed E-state index contributed by atoms with van der Waals surface area (Å²) in [5.41, 5.74) is 0.571. The van der Waals surface area contributed by atoms with E-state index in [1.165, 1.54) is 44.1 Å². The van der Waals surface area contributed by atoms with Crippen LogP contribution < -0.4 is 16.4 Å². The molecule has 1 amide bonds. The molecule has 14 heteroatoms. The molecular weight excluding hydrogens is 564 g/mol. The van der Waals surface area contributed by atoms with Crippen molar-refractivity contribution in [2.24, 2.45) is 29.4 Å². The third kappa shape index (κ3) is 5.27. The number of ketones is 4. The Bertz CT molecular complexity index is 1360. The standard InChI is InChI=1S/C29H38N4O10/c1-28(42)13-7-6-9-17(34)18(13)22(35)19-14(28)11-15-21(33(2)3)23(36)20(25(38)29(15,43)24(19)37)26(39)32-12-31-10-5-4-8-16(30)27(40)41/h6-7,9,14-16,19-21,31,34,42-43H,4-5,8,10-12,30H2,1-3H3,(H,32,39)(H,40,41). The molecule has 8 unspecified atom stereocenters. The summed E-state index contributed by atoms with van der Waals surface area (Å²) < 4.78 is 0. The van der Waals surface area contributed by atoms with Crippen LogP contribution in [-0.2, 0) is 29.6 Å². The molecule has 3 aliphatic carbocycles. The Balaban J connectivity index is 1.57. The van der Waals surface area contributed by atoms with Gasteiger partial charge in [0.25, 0.3) is 0 Å². The van der Waals surface area contributed by atoms with Crippen LogP contribution in [0.5, 0.6) is 5.75 Å². The van der Waals surface area contributed by atoms with Gasteiger partial charge in [-0.15, -0.1) is 0 Å². The minimum absolute atomic E-state index is 0.0985. The number of Topliss-reactive ketones (excluding diaryl/α,β-unsaturated/α-hetero) is 4. The number of aliphatic carboxylic acids is 1.